The van der Waals surface area contributed by atoms with Gasteiger partial charge in [0.1, 0.15) is 35.2 Å². The van der Waals surface area contributed by atoms with E-state index in [1.165, 1.54) is 0 Å². The van der Waals surface area contributed by atoms with Gasteiger partial charge in [0.15, 0.2) is 0 Å². The summed E-state index contributed by atoms with van der Waals surface area (Å²) in [4.78, 5) is 48.1. The lowest BCUT2D eigenvalue weighted by Crippen LogP contribution is -2.74. The fourth-order valence-electron chi connectivity index (χ4n) is 10.9. The number of pyridine rings is 1. The standard InChI is InChI=1S/C47H51F2N9O4/c1-46(2)43(47(3,4)44(46)62-38-11-10-29(25-50)40-32(38)7-6-17-51-40)54-42(60)30-23-34(48)41(35(49)24-30)56-20-12-28(13-21-56)27-55-18-14-31(15-19-55)58-37-9-5-8-36(33(37)26-52-58)57-22-16-39(59)53-45(57)61/h5-11,17,23-24,26,28,31,43-44H,12-16,18-22,27H2,1-4H3,(H,54,60)(H,53,59,61). The highest BCUT2D eigenvalue weighted by molar-refractivity contribution is 6.09. The Morgan fingerprint density at radius 1 is 0.935 bits per heavy atom. The van der Waals surface area contributed by atoms with Crippen LogP contribution in [0.2, 0.25) is 0 Å². The predicted molar refractivity (Wildman–Crippen MR) is 231 cm³/mol. The molecule has 4 aliphatic rings. The van der Waals surface area contributed by atoms with Gasteiger partial charge < -0.3 is 19.9 Å². The Morgan fingerprint density at radius 3 is 2.35 bits per heavy atom. The van der Waals surface area contributed by atoms with Gasteiger partial charge in [-0.05, 0) is 80.1 Å². The number of halogens is 2. The maximum Gasteiger partial charge on any atom is 0.328 e. The number of hydrogen-bond donors (Lipinski definition) is 2. The highest BCUT2D eigenvalue weighted by atomic mass is 19.1. The number of rotatable bonds is 9. The molecule has 13 nitrogen and oxygen atoms in total. The number of amides is 4. The Morgan fingerprint density at radius 2 is 1.66 bits per heavy atom. The number of hydrogen-bond acceptors (Lipinski definition) is 9. The molecule has 0 atom stereocenters. The van der Waals surface area contributed by atoms with Gasteiger partial charge in [-0.25, -0.2) is 13.6 Å². The average molecular weight is 844 g/mol. The van der Waals surface area contributed by atoms with Gasteiger partial charge in [-0.15, -0.1) is 0 Å². The lowest BCUT2D eigenvalue weighted by atomic mass is 9.49. The van der Waals surface area contributed by atoms with Crippen LogP contribution in [-0.2, 0) is 4.79 Å². The molecule has 9 rings (SSSR count). The Labute approximate surface area is 359 Å². The topological polar surface area (TPSA) is 149 Å². The number of carbonyl (C=O) groups is 3. The number of aromatic nitrogens is 3. The number of nitriles is 1. The number of likely N-dealkylation sites (tertiary alicyclic amines) is 1. The first-order valence-corrected chi connectivity index (χ1v) is 21.5. The normalized spacial score (nSPS) is 22.0. The van der Waals surface area contributed by atoms with Gasteiger partial charge in [-0.2, -0.15) is 10.4 Å². The molecule has 3 aromatic carbocycles. The van der Waals surface area contributed by atoms with E-state index in [1.807, 2.05) is 58.2 Å². The molecule has 322 valence electrons. The van der Waals surface area contributed by atoms with E-state index in [-0.39, 0.29) is 41.8 Å². The van der Waals surface area contributed by atoms with E-state index in [1.54, 1.807) is 34.2 Å². The molecule has 2 N–H and O–H groups in total. The molecule has 15 heteroatoms. The van der Waals surface area contributed by atoms with Gasteiger partial charge in [-0.3, -0.25) is 29.5 Å². The van der Waals surface area contributed by atoms with Crippen LogP contribution in [0.25, 0.3) is 21.8 Å². The lowest BCUT2D eigenvalue weighted by molar-refractivity contribution is -0.163. The molecular formula is C47H51F2N9O4. The van der Waals surface area contributed by atoms with Crippen molar-refractivity contribution in [1.82, 2.24) is 30.3 Å². The Bertz CT molecular complexity index is 2580. The third kappa shape index (κ3) is 7.27. The first kappa shape index (κ1) is 41.2. The Balaban J connectivity index is 0.780. The van der Waals surface area contributed by atoms with E-state index in [0.29, 0.717) is 42.4 Å². The van der Waals surface area contributed by atoms with Crippen molar-refractivity contribution in [3.05, 3.63) is 89.8 Å². The van der Waals surface area contributed by atoms with Crippen molar-refractivity contribution in [2.24, 2.45) is 16.7 Å². The van der Waals surface area contributed by atoms with Crippen LogP contribution in [0.15, 0.2) is 67.0 Å². The monoisotopic (exact) mass is 843 g/mol. The zero-order valence-electron chi connectivity index (χ0n) is 35.5. The molecular weight excluding hydrogens is 793 g/mol. The maximum atomic E-state index is 15.8. The summed E-state index contributed by atoms with van der Waals surface area (Å²) in [6.45, 7) is 12.1. The molecule has 62 heavy (non-hydrogen) atoms. The van der Waals surface area contributed by atoms with Crippen LogP contribution >= 0.6 is 0 Å². The largest absolute Gasteiger partial charge is 0.488 e. The van der Waals surface area contributed by atoms with Gasteiger partial charge in [0.2, 0.25) is 5.91 Å². The number of urea groups is 1. The van der Waals surface area contributed by atoms with Crippen molar-refractivity contribution in [1.29, 1.82) is 5.26 Å². The van der Waals surface area contributed by atoms with E-state index in [0.717, 1.165) is 79.4 Å². The zero-order valence-corrected chi connectivity index (χ0v) is 35.5. The van der Waals surface area contributed by atoms with E-state index in [4.69, 9.17) is 9.84 Å². The van der Waals surface area contributed by atoms with E-state index >= 15 is 8.78 Å². The second-order valence-electron chi connectivity index (χ2n) is 18.5. The second-order valence-corrected chi connectivity index (χ2v) is 18.5. The van der Waals surface area contributed by atoms with Crippen LogP contribution in [-0.4, -0.2) is 88.9 Å². The van der Waals surface area contributed by atoms with Crippen molar-refractivity contribution in [3.63, 3.8) is 0 Å². The van der Waals surface area contributed by atoms with E-state index in [9.17, 15) is 19.6 Å². The molecule has 0 radical (unpaired) electrons. The van der Waals surface area contributed by atoms with Gasteiger partial charge in [0, 0.05) is 85.1 Å². The number of fused-ring (bicyclic) bond motifs is 2. The Kier molecular flexibility index (Phi) is 10.6. The summed E-state index contributed by atoms with van der Waals surface area (Å²) >= 11 is 0. The summed E-state index contributed by atoms with van der Waals surface area (Å²) < 4.78 is 40.2. The number of imide groups is 1. The minimum Gasteiger partial charge on any atom is -0.488 e. The average Bonchev–Trinajstić information content (AvgIpc) is 3.70. The molecule has 3 aliphatic heterocycles. The summed E-state index contributed by atoms with van der Waals surface area (Å²) in [5, 5.41) is 21.4. The molecule has 0 bridgehead atoms. The lowest BCUT2D eigenvalue weighted by Gasteiger charge is -2.63. The molecule has 1 aliphatic carbocycles. The minimum atomic E-state index is -0.752. The fraction of sp³-hybridized carbons (Fsp3) is 0.447. The van der Waals surface area contributed by atoms with Gasteiger partial charge in [-0.1, -0.05) is 33.8 Å². The molecule has 4 fully saturated rings. The summed E-state index contributed by atoms with van der Waals surface area (Å²) in [7, 11) is 0. The van der Waals surface area contributed by atoms with Gasteiger partial charge in [0.25, 0.3) is 5.91 Å². The van der Waals surface area contributed by atoms with Crippen molar-refractivity contribution in [3.8, 4) is 11.8 Å². The highest BCUT2D eigenvalue weighted by Gasteiger charge is 2.64. The smallest absolute Gasteiger partial charge is 0.328 e. The van der Waals surface area contributed by atoms with Crippen molar-refractivity contribution >= 4 is 51.0 Å². The number of piperidine rings is 2. The summed E-state index contributed by atoms with van der Waals surface area (Å²) in [5.41, 5.74) is 1.47. The number of carbonyl (C=O) groups excluding carboxylic acids is 3. The third-order valence-electron chi connectivity index (χ3n) is 13.8. The first-order chi connectivity index (χ1) is 29.7. The minimum absolute atomic E-state index is 0.0715. The quantitative estimate of drug-likeness (QED) is 0.156. The summed E-state index contributed by atoms with van der Waals surface area (Å²) in [6.07, 6.45) is 6.82. The molecule has 2 aromatic heterocycles. The van der Waals surface area contributed by atoms with Crippen molar-refractivity contribution < 1.29 is 27.9 Å². The molecule has 5 heterocycles. The highest BCUT2D eigenvalue weighted by Crippen LogP contribution is 2.56. The number of anilines is 2. The van der Waals surface area contributed by atoms with Gasteiger partial charge in [0.05, 0.1) is 34.5 Å². The SMILES string of the molecule is CC1(C)C(NC(=O)c2cc(F)c(N3CCC(CN4CCC(n5ncc6c(N7CCC(=O)NC7=O)cccc65)CC4)CC3)c(F)c2)C(C)(C)C1Oc1ccc(C#N)c2ncccc12. The fourth-order valence-corrected chi connectivity index (χ4v) is 10.9. The number of ether oxygens (including phenoxy) is 1. The van der Waals surface area contributed by atoms with E-state index < -0.39 is 34.4 Å². The number of benzene rings is 3. The van der Waals surface area contributed by atoms with Crippen LogP contribution < -0.4 is 25.2 Å². The third-order valence-corrected chi connectivity index (χ3v) is 13.8. The molecule has 0 spiro atoms. The second kappa shape index (κ2) is 16.0. The Hall–Kier alpha value is -6.14. The van der Waals surface area contributed by atoms with Crippen molar-refractivity contribution in [2.45, 2.75) is 78.0 Å². The van der Waals surface area contributed by atoms with Gasteiger partial charge >= 0.3 is 6.03 Å². The van der Waals surface area contributed by atoms with Crippen LogP contribution in [0.5, 0.6) is 5.75 Å². The molecule has 3 saturated heterocycles. The molecule has 5 aromatic rings. The summed E-state index contributed by atoms with van der Waals surface area (Å²) in [6, 6.07) is 16.9. The van der Waals surface area contributed by atoms with E-state index in [2.05, 4.69) is 31.3 Å². The molecule has 4 amide bonds. The maximum absolute atomic E-state index is 15.8. The number of nitrogens with zero attached hydrogens (tertiary/aromatic N) is 7. The van der Waals surface area contributed by atoms with Crippen molar-refractivity contribution in [2.75, 3.05) is 49.1 Å². The first-order valence-electron chi connectivity index (χ1n) is 21.5. The molecule has 1 saturated carbocycles. The van der Waals surface area contributed by atoms with Crippen LogP contribution in [0.4, 0.5) is 25.0 Å². The van der Waals surface area contributed by atoms with Crippen LogP contribution in [0.3, 0.4) is 0 Å². The summed E-state index contributed by atoms with van der Waals surface area (Å²) in [5.74, 6) is -1.33. The number of nitrogens with one attached hydrogen (secondary N) is 2. The molecule has 0 unspecified atom stereocenters. The predicted octanol–water partition coefficient (Wildman–Crippen LogP) is 7.35. The van der Waals surface area contributed by atoms with Crippen LogP contribution in [0.1, 0.15) is 81.8 Å². The zero-order chi connectivity index (χ0) is 43.5. The van der Waals surface area contributed by atoms with Crippen LogP contribution in [0, 0.1) is 39.7 Å².